The molecule has 0 aromatic carbocycles. The SMILES string of the molecule is Cc1cscc1C(Cc1ncnn1C(C)C)NN. The third-order valence-electron chi connectivity index (χ3n) is 2.99. The lowest BCUT2D eigenvalue weighted by Gasteiger charge is -2.17. The third kappa shape index (κ3) is 2.60. The molecule has 0 spiro atoms. The van der Waals surface area contributed by atoms with Gasteiger partial charge in [0.15, 0.2) is 0 Å². The Bertz CT molecular complexity index is 502. The molecule has 5 nitrogen and oxygen atoms in total. The Morgan fingerprint density at radius 1 is 1.44 bits per heavy atom. The molecule has 18 heavy (non-hydrogen) atoms. The summed E-state index contributed by atoms with van der Waals surface area (Å²) < 4.78 is 1.94. The normalized spacial score (nSPS) is 13.2. The lowest BCUT2D eigenvalue weighted by Crippen LogP contribution is -2.30. The number of hydrazine groups is 1. The minimum atomic E-state index is 0.0814. The molecule has 98 valence electrons. The van der Waals surface area contributed by atoms with Crippen LogP contribution in [0.2, 0.25) is 0 Å². The maximum absolute atomic E-state index is 5.67. The molecule has 2 aromatic rings. The summed E-state index contributed by atoms with van der Waals surface area (Å²) in [7, 11) is 0. The van der Waals surface area contributed by atoms with Crippen LogP contribution in [0.15, 0.2) is 17.1 Å². The first-order valence-corrected chi connectivity index (χ1v) is 6.95. The van der Waals surface area contributed by atoms with Crippen LogP contribution in [0.4, 0.5) is 0 Å². The summed E-state index contributed by atoms with van der Waals surface area (Å²) in [5, 5.41) is 8.51. The second-order valence-corrected chi connectivity index (χ2v) is 5.39. The van der Waals surface area contributed by atoms with Gasteiger partial charge in [-0.3, -0.25) is 11.3 Å². The molecular formula is C12H19N5S. The predicted molar refractivity (Wildman–Crippen MR) is 73.2 cm³/mol. The zero-order valence-electron chi connectivity index (χ0n) is 10.9. The summed E-state index contributed by atoms with van der Waals surface area (Å²) >= 11 is 1.69. The zero-order chi connectivity index (χ0) is 13.1. The molecule has 0 radical (unpaired) electrons. The van der Waals surface area contributed by atoms with E-state index in [1.165, 1.54) is 11.1 Å². The number of thiophene rings is 1. The number of rotatable bonds is 5. The second-order valence-electron chi connectivity index (χ2n) is 4.65. The summed E-state index contributed by atoms with van der Waals surface area (Å²) in [4.78, 5) is 4.32. The topological polar surface area (TPSA) is 68.8 Å². The van der Waals surface area contributed by atoms with E-state index in [0.29, 0.717) is 6.04 Å². The van der Waals surface area contributed by atoms with Crippen LogP contribution in [-0.2, 0) is 6.42 Å². The van der Waals surface area contributed by atoms with E-state index in [1.807, 2.05) is 4.68 Å². The predicted octanol–water partition coefficient (Wildman–Crippen LogP) is 1.98. The van der Waals surface area contributed by atoms with E-state index in [9.17, 15) is 0 Å². The Labute approximate surface area is 111 Å². The van der Waals surface area contributed by atoms with Crippen molar-refractivity contribution in [3.63, 3.8) is 0 Å². The zero-order valence-corrected chi connectivity index (χ0v) is 11.7. The van der Waals surface area contributed by atoms with Gasteiger partial charge in [-0.25, -0.2) is 9.67 Å². The van der Waals surface area contributed by atoms with Crippen LogP contribution in [0.25, 0.3) is 0 Å². The summed E-state index contributed by atoms with van der Waals surface area (Å²) in [6.45, 7) is 6.29. The fraction of sp³-hybridized carbons (Fsp3) is 0.500. The van der Waals surface area contributed by atoms with Gasteiger partial charge in [0, 0.05) is 12.5 Å². The highest BCUT2D eigenvalue weighted by atomic mass is 32.1. The molecule has 2 heterocycles. The van der Waals surface area contributed by atoms with Crippen molar-refractivity contribution < 1.29 is 0 Å². The minimum Gasteiger partial charge on any atom is -0.271 e. The van der Waals surface area contributed by atoms with Crippen molar-refractivity contribution in [2.75, 3.05) is 0 Å². The van der Waals surface area contributed by atoms with Crippen LogP contribution < -0.4 is 11.3 Å². The van der Waals surface area contributed by atoms with E-state index in [0.717, 1.165) is 12.2 Å². The fourth-order valence-corrected chi connectivity index (χ4v) is 2.93. The fourth-order valence-electron chi connectivity index (χ4n) is 2.02. The average molecular weight is 265 g/mol. The van der Waals surface area contributed by atoms with E-state index in [1.54, 1.807) is 17.7 Å². The van der Waals surface area contributed by atoms with Crippen LogP contribution in [-0.4, -0.2) is 14.8 Å². The van der Waals surface area contributed by atoms with Gasteiger partial charge >= 0.3 is 0 Å². The Kier molecular flexibility index (Phi) is 4.11. The Morgan fingerprint density at radius 3 is 2.78 bits per heavy atom. The minimum absolute atomic E-state index is 0.0814. The molecule has 0 aliphatic carbocycles. The maximum Gasteiger partial charge on any atom is 0.138 e. The highest BCUT2D eigenvalue weighted by Crippen LogP contribution is 2.24. The van der Waals surface area contributed by atoms with Gasteiger partial charge in [-0.1, -0.05) is 0 Å². The van der Waals surface area contributed by atoms with E-state index in [-0.39, 0.29) is 6.04 Å². The summed E-state index contributed by atoms with van der Waals surface area (Å²) in [5.74, 6) is 6.63. The molecule has 0 saturated carbocycles. The number of aromatic nitrogens is 3. The number of nitrogens with zero attached hydrogens (tertiary/aromatic N) is 3. The van der Waals surface area contributed by atoms with Gasteiger partial charge in [-0.05, 0) is 42.7 Å². The van der Waals surface area contributed by atoms with Crippen molar-refractivity contribution in [1.29, 1.82) is 0 Å². The van der Waals surface area contributed by atoms with Crippen LogP contribution in [0.5, 0.6) is 0 Å². The molecular weight excluding hydrogens is 246 g/mol. The second kappa shape index (κ2) is 5.60. The number of aryl methyl sites for hydroxylation is 1. The van der Waals surface area contributed by atoms with Gasteiger partial charge in [0.25, 0.3) is 0 Å². The van der Waals surface area contributed by atoms with Crippen LogP contribution in [0.3, 0.4) is 0 Å². The molecule has 0 aliphatic rings. The third-order valence-corrected chi connectivity index (χ3v) is 3.87. The van der Waals surface area contributed by atoms with Crippen LogP contribution in [0.1, 0.15) is 42.9 Å². The van der Waals surface area contributed by atoms with E-state index >= 15 is 0 Å². The molecule has 3 N–H and O–H groups in total. The van der Waals surface area contributed by atoms with Crippen molar-refractivity contribution >= 4 is 11.3 Å². The Morgan fingerprint density at radius 2 is 2.22 bits per heavy atom. The van der Waals surface area contributed by atoms with Crippen molar-refractivity contribution in [2.45, 2.75) is 39.3 Å². The van der Waals surface area contributed by atoms with Gasteiger partial charge in [0.1, 0.15) is 12.2 Å². The molecule has 0 aliphatic heterocycles. The van der Waals surface area contributed by atoms with Crippen molar-refractivity contribution in [2.24, 2.45) is 5.84 Å². The van der Waals surface area contributed by atoms with E-state index in [4.69, 9.17) is 5.84 Å². The van der Waals surface area contributed by atoms with Crippen molar-refractivity contribution in [1.82, 2.24) is 20.2 Å². The van der Waals surface area contributed by atoms with Crippen LogP contribution >= 0.6 is 11.3 Å². The van der Waals surface area contributed by atoms with Crippen molar-refractivity contribution in [3.05, 3.63) is 34.0 Å². The largest absolute Gasteiger partial charge is 0.271 e. The van der Waals surface area contributed by atoms with Gasteiger partial charge in [0.05, 0.1) is 6.04 Å². The lowest BCUT2D eigenvalue weighted by atomic mass is 10.0. The first kappa shape index (κ1) is 13.2. The molecule has 0 saturated heterocycles. The monoisotopic (exact) mass is 265 g/mol. The van der Waals surface area contributed by atoms with E-state index in [2.05, 4.69) is 47.0 Å². The molecule has 2 aromatic heterocycles. The number of hydrogen-bond acceptors (Lipinski definition) is 5. The molecule has 1 unspecified atom stereocenters. The summed E-state index contributed by atoms with van der Waals surface area (Å²) in [6, 6.07) is 0.391. The Balaban J connectivity index is 2.21. The van der Waals surface area contributed by atoms with Gasteiger partial charge < -0.3 is 0 Å². The standard InChI is InChI=1S/C12H19N5S/c1-8(2)17-12(14-7-15-17)4-11(16-13)10-6-18-5-9(10)3/h5-8,11,16H,4,13H2,1-3H3. The quantitative estimate of drug-likeness (QED) is 0.640. The lowest BCUT2D eigenvalue weighted by molar-refractivity contribution is 0.468. The highest BCUT2D eigenvalue weighted by molar-refractivity contribution is 7.08. The number of nitrogens with one attached hydrogen (secondary N) is 1. The average Bonchev–Trinajstić information content (AvgIpc) is 2.94. The maximum atomic E-state index is 5.67. The van der Waals surface area contributed by atoms with Gasteiger partial charge in [0.2, 0.25) is 0 Å². The van der Waals surface area contributed by atoms with Gasteiger partial charge in [-0.15, -0.1) is 0 Å². The molecule has 0 amide bonds. The first-order chi connectivity index (χ1) is 8.63. The summed E-state index contributed by atoms with van der Waals surface area (Å²) in [6.07, 6.45) is 2.34. The van der Waals surface area contributed by atoms with Crippen molar-refractivity contribution in [3.8, 4) is 0 Å². The molecule has 1 atom stereocenters. The highest BCUT2D eigenvalue weighted by Gasteiger charge is 2.17. The first-order valence-electron chi connectivity index (χ1n) is 6.00. The smallest absolute Gasteiger partial charge is 0.138 e. The molecule has 2 rings (SSSR count). The molecule has 0 bridgehead atoms. The number of hydrogen-bond donors (Lipinski definition) is 2. The van der Waals surface area contributed by atoms with E-state index < -0.39 is 0 Å². The number of nitrogens with two attached hydrogens (primary N) is 1. The summed E-state index contributed by atoms with van der Waals surface area (Å²) in [5.41, 5.74) is 5.37. The molecule has 6 heteroatoms. The van der Waals surface area contributed by atoms with Crippen LogP contribution in [0, 0.1) is 6.92 Å². The molecule has 0 fully saturated rings. The Hall–Kier alpha value is -1.24. The van der Waals surface area contributed by atoms with Gasteiger partial charge in [-0.2, -0.15) is 16.4 Å².